The van der Waals surface area contributed by atoms with Crippen molar-refractivity contribution in [3.05, 3.63) is 70.0 Å². The number of nitrogens with one attached hydrogen (secondary N) is 2. The maximum Gasteiger partial charge on any atom is 0.325 e. The second-order valence-corrected chi connectivity index (χ2v) is 7.86. The number of carboxylic acids is 1. The lowest BCUT2D eigenvalue weighted by molar-refractivity contribution is -0.138. The van der Waals surface area contributed by atoms with Crippen molar-refractivity contribution in [3.63, 3.8) is 0 Å². The monoisotopic (exact) mass is 441 g/mol. The summed E-state index contributed by atoms with van der Waals surface area (Å²) >= 11 is 6.08. The van der Waals surface area contributed by atoms with E-state index in [1.54, 1.807) is 29.8 Å². The zero-order valence-corrected chi connectivity index (χ0v) is 18.4. The first-order valence-corrected chi connectivity index (χ1v) is 10.1. The van der Waals surface area contributed by atoms with E-state index in [0.29, 0.717) is 16.1 Å². The van der Waals surface area contributed by atoms with Gasteiger partial charge in [-0.15, -0.1) is 5.10 Å². The van der Waals surface area contributed by atoms with Crippen molar-refractivity contribution in [1.29, 1.82) is 0 Å². The Hall–Kier alpha value is -3.39. The molecule has 2 aromatic carbocycles. The zero-order chi connectivity index (χ0) is 22.7. The molecule has 31 heavy (non-hydrogen) atoms. The number of aromatic nitrogens is 3. The number of rotatable bonds is 7. The Balaban J connectivity index is 1.74. The molecule has 1 heterocycles. The first kappa shape index (κ1) is 22.3. The van der Waals surface area contributed by atoms with Crippen LogP contribution in [0.2, 0.25) is 5.02 Å². The van der Waals surface area contributed by atoms with Crippen LogP contribution in [-0.2, 0) is 4.79 Å². The van der Waals surface area contributed by atoms with Crippen molar-refractivity contribution in [2.75, 3.05) is 5.32 Å². The van der Waals surface area contributed by atoms with Gasteiger partial charge in [0.05, 0.1) is 17.9 Å². The minimum atomic E-state index is -1.09. The van der Waals surface area contributed by atoms with Crippen LogP contribution in [-0.4, -0.2) is 38.0 Å². The van der Waals surface area contributed by atoms with E-state index in [1.165, 1.54) is 6.92 Å². The fraction of sp³-hybridized carbons (Fsp3) is 0.273. The number of halogens is 1. The van der Waals surface area contributed by atoms with Gasteiger partial charge in [0.1, 0.15) is 11.7 Å². The Labute approximate surface area is 185 Å². The number of hydrogen-bond donors (Lipinski definition) is 3. The fourth-order valence-corrected chi connectivity index (χ4v) is 3.16. The molecule has 3 rings (SSSR count). The molecule has 3 N–H and O–H groups in total. The molecule has 162 valence electrons. The number of hydrogen-bond acceptors (Lipinski definition) is 5. The largest absolute Gasteiger partial charge is 0.480 e. The minimum absolute atomic E-state index is 0.0852. The van der Waals surface area contributed by atoms with Crippen molar-refractivity contribution in [2.24, 2.45) is 0 Å². The van der Waals surface area contributed by atoms with Gasteiger partial charge in [-0.1, -0.05) is 16.8 Å². The summed E-state index contributed by atoms with van der Waals surface area (Å²) in [6.45, 7) is 7.14. The van der Waals surface area contributed by atoms with Gasteiger partial charge in [0.2, 0.25) is 0 Å². The van der Waals surface area contributed by atoms with Crippen LogP contribution in [0.25, 0.3) is 5.69 Å². The number of nitrogens with zero attached hydrogens (tertiary/aromatic N) is 3. The normalized spacial score (nSPS) is 12.8. The van der Waals surface area contributed by atoms with E-state index in [0.717, 1.165) is 22.6 Å². The van der Waals surface area contributed by atoms with Gasteiger partial charge in [0.25, 0.3) is 5.91 Å². The van der Waals surface area contributed by atoms with Crippen LogP contribution in [0, 0.1) is 13.8 Å². The summed E-state index contributed by atoms with van der Waals surface area (Å²) in [6, 6.07) is 9.87. The topological polar surface area (TPSA) is 109 Å². The summed E-state index contributed by atoms with van der Waals surface area (Å²) in [6.07, 6.45) is 1.82. The van der Waals surface area contributed by atoms with E-state index in [9.17, 15) is 9.59 Å². The number of carboxylic acid groups (broad SMARTS) is 1. The summed E-state index contributed by atoms with van der Waals surface area (Å²) in [7, 11) is 0. The summed E-state index contributed by atoms with van der Waals surface area (Å²) in [5, 5.41) is 24.0. The molecule has 1 aromatic heterocycles. The van der Waals surface area contributed by atoms with Crippen molar-refractivity contribution < 1.29 is 14.7 Å². The molecule has 0 bridgehead atoms. The third-order valence-electron chi connectivity index (χ3n) is 4.93. The Morgan fingerprint density at radius 1 is 1.10 bits per heavy atom. The highest BCUT2D eigenvalue weighted by molar-refractivity contribution is 6.31. The molecular weight excluding hydrogens is 418 g/mol. The average molecular weight is 442 g/mol. The SMILES string of the molecule is Cc1cc(NC(C)c2cn(-c3ccc(C(=O)N[C@H](C)C(=O)O)c(C)c3)nn2)ccc1Cl. The fourth-order valence-electron chi connectivity index (χ4n) is 3.04. The molecule has 0 fully saturated rings. The lowest BCUT2D eigenvalue weighted by Crippen LogP contribution is -2.38. The Kier molecular flexibility index (Phi) is 6.60. The van der Waals surface area contributed by atoms with Crippen LogP contribution in [0.4, 0.5) is 5.69 Å². The number of aryl methyl sites for hydroxylation is 2. The summed E-state index contributed by atoms with van der Waals surface area (Å²) in [4.78, 5) is 23.3. The molecule has 1 unspecified atom stereocenters. The molecule has 0 aliphatic carbocycles. The van der Waals surface area contributed by atoms with Gasteiger partial charge in [-0.25, -0.2) is 4.68 Å². The van der Waals surface area contributed by atoms with Crippen LogP contribution in [0.3, 0.4) is 0 Å². The first-order valence-electron chi connectivity index (χ1n) is 9.75. The number of amides is 1. The molecule has 8 nitrogen and oxygen atoms in total. The second-order valence-electron chi connectivity index (χ2n) is 7.45. The highest BCUT2D eigenvalue weighted by Gasteiger charge is 2.17. The van der Waals surface area contributed by atoms with Crippen LogP contribution in [0.1, 0.15) is 47.1 Å². The van der Waals surface area contributed by atoms with E-state index in [1.807, 2.05) is 38.2 Å². The predicted molar refractivity (Wildman–Crippen MR) is 119 cm³/mol. The third kappa shape index (κ3) is 5.21. The van der Waals surface area contributed by atoms with Crippen molar-refractivity contribution >= 4 is 29.2 Å². The Morgan fingerprint density at radius 3 is 2.48 bits per heavy atom. The molecule has 0 aliphatic heterocycles. The minimum Gasteiger partial charge on any atom is -0.480 e. The Morgan fingerprint density at radius 2 is 1.84 bits per heavy atom. The summed E-state index contributed by atoms with van der Waals surface area (Å²) in [5.74, 6) is -1.52. The molecule has 9 heteroatoms. The third-order valence-corrected chi connectivity index (χ3v) is 5.36. The van der Waals surface area contributed by atoms with Gasteiger partial charge in [0, 0.05) is 16.3 Å². The lowest BCUT2D eigenvalue weighted by Gasteiger charge is -2.13. The highest BCUT2D eigenvalue weighted by Crippen LogP contribution is 2.23. The molecule has 0 radical (unpaired) electrons. The quantitative estimate of drug-likeness (QED) is 0.512. The van der Waals surface area contributed by atoms with Gasteiger partial charge >= 0.3 is 5.97 Å². The van der Waals surface area contributed by atoms with E-state index in [-0.39, 0.29) is 6.04 Å². The first-order chi connectivity index (χ1) is 14.7. The lowest BCUT2D eigenvalue weighted by atomic mass is 10.1. The van der Waals surface area contributed by atoms with Gasteiger partial charge in [-0.05, 0) is 75.2 Å². The maximum atomic E-state index is 12.3. The molecule has 3 aromatic rings. The standard InChI is InChI=1S/C22H24ClN5O3/c1-12-10-17(6-7-18(12)21(29)25-15(4)22(30)31)28-11-20(26-27-28)14(3)24-16-5-8-19(23)13(2)9-16/h5-11,14-15,24H,1-4H3,(H,25,29)(H,30,31)/t14?,15-/m1/s1. The maximum absolute atomic E-state index is 12.3. The number of carbonyl (C=O) groups is 2. The van der Waals surface area contributed by atoms with Gasteiger partial charge in [0.15, 0.2) is 0 Å². The zero-order valence-electron chi connectivity index (χ0n) is 17.7. The number of anilines is 1. The van der Waals surface area contributed by atoms with Crippen LogP contribution in [0.5, 0.6) is 0 Å². The van der Waals surface area contributed by atoms with E-state index >= 15 is 0 Å². The molecular formula is C22H24ClN5O3. The van der Waals surface area contributed by atoms with E-state index in [2.05, 4.69) is 20.9 Å². The number of benzene rings is 2. The molecule has 0 aliphatic rings. The predicted octanol–water partition coefficient (Wildman–Crippen LogP) is 3.91. The van der Waals surface area contributed by atoms with Crippen LogP contribution >= 0.6 is 11.6 Å². The summed E-state index contributed by atoms with van der Waals surface area (Å²) < 4.78 is 1.63. The second kappa shape index (κ2) is 9.18. The van der Waals surface area contributed by atoms with Crippen LogP contribution in [0.15, 0.2) is 42.6 Å². The molecule has 0 saturated heterocycles. The van der Waals surface area contributed by atoms with Crippen molar-refractivity contribution in [3.8, 4) is 5.69 Å². The molecule has 0 spiro atoms. The molecule has 1 amide bonds. The van der Waals surface area contributed by atoms with E-state index in [4.69, 9.17) is 16.7 Å². The van der Waals surface area contributed by atoms with E-state index < -0.39 is 17.9 Å². The highest BCUT2D eigenvalue weighted by atomic mass is 35.5. The molecule has 2 atom stereocenters. The van der Waals surface area contributed by atoms with Gasteiger partial charge in [-0.3, -0.25) is 9.59 Å². The molecule has 0 saturated carbocycles. The van der Waals surface area contributed by atoms with Crippen LogP contribution < -0.4 is 10.6 Å². The number of aliphatic carboxylic acids is 1. The van der Waals surface area contributed by atoms with Crippen molar-refractivity contribution in [2.45, 2.75) is 39.8 Å². The smallest absolute Gasteiger partial charge is 0.325 e. The summed E-state index contributed by atoms with van der Waals surface area (Å²) in [5.41, 5.74) is 4.53. The van der Waals surface area contributed by atoms with Gasteiger partial charge in [-0.2, -0.15) is 0 Å². The van der Waals surface area contributed by atoms with Gasteiger partial charge < -0.3 is 15.7 Å². The Bertz CT molecular complexity index is 1130. The van der Waals surface area contributed by atoms with Crippen molar-refractivity contribution in [1.82, 2.24) is 20.3 Å². The number of carbonyl (C=O) groups excluding carboxylic acids is 1. The average Bonchev–Trinajstić information content (AvgIpc) is 3.21.